The Labute approximate surface area is 155 Å². The van der Waals surface area contributed by atoms with E-state index in [2.05, 4.69) is 10.6 Å². The molecule has 3 aromatic rings. The summed E-state index contributed by atoms with van der Waals surface area (Å²) >= 11 is 1.35. The van der Waals surface area contributed by atoms with Crippen molar-refractivity contribution in [2.24, 2.45) is 0 Å². The van der Waals surface area contributed by atoms with E-state index in [-0.39, 0.29) is 11.8 Å². The van der Waals surface area contributed by atoms with Gasteiger partial charge in [0.05, 0.1) is 23.2 Å². The van der Waals surface area contributed by atoms with Crippen molar-refractivity contribution in [1.82, 2.24) is 5.32 Å². The Kier molecular flexibility index (Phi) is 5.66. The van der Waals surface area contributed by atoms with Crippen LogP contribution in [0.25, 0.3) is 0 Å². The molecule has 1 heterocycles. The second-order valence-electron chi connectivity index (χ2n) is 5.51. The summed E-state index contributed by atoms with van der Waals surface area (Å²) in [5, 5.41) is 7.51. The van der Waals surface area contributed by atoms with E-state index in [1.165, 1.54) is 11.3 Å². The molecule has 0 fully saturated rings. The number of anilines is 1. The lowest BCUT2D eigenvalue weighted by Crippen LogP contribution is -2.24. The Morgan fingerprint density at radius 3 is 2.42 bits per heavy atom. The lowest BCUT2D eigenvalue weighted by atomic mass is 10.1. The van der Waals surface area contributed by atoms with Gasteiger partial charge in [0.1, 0.15) is 5.75 Å². The van der Waals surface area contributed by atoms with Gasteiger partial charge in [-0.3, -0.25) is 9.59 Å². The molecule has 0 bridgehead atoms. The standard InChI is InChI=1S/C20H18N2O3S/c1-25-15-10-8-14(9-11-15)13-21-19(23)16-5-2-3-6-17(16)22-20(24)18-7-4-12-26-18/h2-12H,13H2,1H3,(H,21,23)(H,22,24). The summed E-state index contributed by atoms with van der Waals surface area (Å²) in [4.78, 5) is 25.4. The van der Waals surface area contributed by atoms with Gasteiger partial charge in [-0.05, 0) is 41.3 Å². The van der Waals surface area contributed by atoms with Crippen LogP contribution in [0, 0.1) is 0 Å². The number of carbonyl (C=O) groups excluding carboxylic acids is 2. The molecule has 3 rings (SSSR count). The van der Waals surface area contributed by atoms with E-state index in [0.717, 1.165) is 11.3 Å². The zero-order valence-corrected chi connectivity index (χ0v) is 15.0. The van der Waals surface area contributed by atoms with Crippen molar-refractivity contribution in [3.8, 4) is 5.75 Å². The molecule has 2 aromatic carbocycles. The number of para-hydroxylation sites is 1. The summed E-state index contributed by atoms with van der Waals surface area (Å²) < 4.78 is 5.12. The maximum absolute atomic E-state index is 12.5. The van der Waals surface area contributed by atoms with Crippen LogP contribution in [0.2, 0.25) is 0 Å². The van der Waals surface area contributed by atoms with Crippen molar-refractivity contribution in [2.75, 3.05) is 12.4 Å². The number of carbonyl (C=O) groups is 2. The van der Waals surface area contributed by atoms with Crippen LogP contribution in [0.1, 0.15) is 25.6 Å². The summed E-state index contributed by atoms with van der Waals surface area (Å²) in [5.41, 5.74) is 1.86. The minimum atomic E-state index is -0.247. The predicted molar refractivity (Wildman–Crippen MR) is 103 cm³/mol. The van der Waals surface area contributed by atoms with Gasteiger partial charge in [-0.15, -0.1) is 11.3 Å². The van der Waals surface area contributed by atoms with E-state index in [9.17, 15) is 9.59 Å². The summed E-state index contributed by atoms with van der Waals surface area (Å²) in [5.74, 6) is 0.292. The molecule has 0 aliphatic carbocycles. The number of amides is 2. The third kappa shape index (κ3) is 4.29. The zero-order valence-electron chi connectivity index (χ0n) is 14.2. The molecular formula is C20H18N2O3S. The van der Waals surface area contributed by atoms with E-state index in [1.54, 1.807) is 37.4 Å². The lowest BCUT2D eigenvalue weighted by Gasteiger charge is -2.11. The molecule has 2 N–H and O–H groups in total. The Bertz CT molecular complexity index is 890. The summed E-state index contributed by atoms with van der Waals surface area (Å²) in [6.45, 7) is 0.385. The Balaban J connectivity index is 1.68. The van der Waals surface area contributed by atoms with E-state index in [4.69, 9.17) is 4.74 Å². The first kappa shape index (κ1) is 17.7. The highest BCUT2D eigenvalue weighted by atomic mass is 32.1. The fourth-order valence-electron chi connectivity index (χ4n) is 2.40. The van der Waals surface area contributed by atoms with Crippen LogP contribution < -0.4 is 15.4 Å². The van der Waals surface area contributed by atoms with Gasteiger partial charge in [0.2, 0.25) is 0 Å². The average Bonchev–Trinajstić information content (AvgIpc) is 3.22. The van der Waals surface area contributed by atoms with Crippen LogP contribution in [0.5, 0.6) is 5.75 Å². The number of benzene rings is 2. The van der Waals surface area contributed by atoms with E-state index in [1.807, 2.05) is 35.7 Å². The lowest BCUT2D eigenvalue weighted by molar-refractivity contribution is 0.0952. The molecule has 6 heteroatoms. The Hall–Kier alpha value is -3.12. The molecule has 0 saturated heterocycles. The van der Waals surface area contributed by atoms with Crippen LogP contribution in [0.4, 0.5) is 5.69 Å². The van der Waals surface area contributed by atoms with E-state index >= 15 is 0 Å². The van der Waals surface area contributed by atoms with Gasteiger partial charge in [0.15, 0.2) is 0 Å². The van der Waals surface area contributed by atoms with Gasteiger partial charge in [-0.1, -0.05) is 30.3 Å². The summed E-state index contributed by atoms with van der Waals surface area (Å²) in [7, 11) is 1.61. The summed E-state index contributed by atoms with van der Waals surface area (Å²) in [6.07, 6.45) is 0. The van der Waals surface area contributed by atoms with Gasteiger partial charge in [0, 0.05) is 6.54 Å². The van der Waals surface area contributed by atoms with Crippen molar-refractivity contribution in [1.29, 1.82) is 0 Å². The molecule has 0 aliphatic heterocycles. The minimum absolute atomic E-state index is 0.226. The molecule has 0 unspecified atom stereocenters. The smallest absolute Gasteiger partial charge is 0.265 e. The summed E-state index contributed by atoms with van der Waals surface area (Å²) in [6, 6.07) is 18.0. The molecule has 1 aromatic heterocycles. The maximum Gasteiger partial charge on any atom is 0.265 e. The monoisotopic (exact) mass is 366 g/mol. The first-order valence-electron chi connectivity index (χ1n) is 8.02. The van der Waals surface area contributed by atoms with Gasteiger partial charge in [-0.25, -0.2) is 0 Å². The molecule has 132 valence electrons. The molecule has 0 aliphatic rings. The van der Waals surface area contributed by atoms with Gasteiger partial charge < -0.3 is 15.4 Å². The molecule has 0 saturated carbocycles. The van der Waals surface area contributed by atoms with Crippen molar-refractivity contribution in [2.45, 2.75) is 6.54 Å². The van der Waals surface area contributed by atoms with Crippen molar-refractivity contribution in [3.63, 3.8) is 0 Å². The number of methoxy groups -OCH3 is 1. The molecule has 5 nitrogen and oxygen atoms in total. The van der Waals surface area contributed by atoms with Gasteiger partial charge in [0.25, 0.3) is 11.8 Å². The van der Waals surface area contributed by atoms with Crippen molar-refractivity contribution < 1.29 is 14.3 Å². The number of rotatable bonds is 6. The highest BCUT2D eigenvalue weighted by molar-refractivity contribution is 7.12. The van der Waals surface area contributed by atoms with Crippen LogP contribution in [0.3, 0.4) is 0 Å². The molecule has 0 spiro atoms. The molecule has 0 atom stereocenters. The van der Waals surface area contributed by atoms with Crippen LogP contribution in [0.15, 0.2) is 66.0 Å². The highest BCUT2D eigenvalue weighted by Crippen LogP contribution is 2.18. The first-order valence-corrected chi connectivity index (χ1v) is 8.90. The van der Waals surface area contributed by atoms with Crippen LogP contribution in [-0.2, 0) is 6.54 Å². The SMILES string of the molecule is COc1ccc(CNC(=O)c2ccccc2NC(=O)c2cccs2)cc1. The van der Waals surface area contributed by atoms with Crippen molar-refractivity contribution >= 4 is 28.8 Å². The highest BCUT2D eigenvalue weighted by Gasteiger charge is 2.14. The maximum atomic E-state index is 12.5. The fraction of sp³-hybridized carbons (Fsp3) is 0.100. The number of thiophene rings is 1. The topological polar surface area (TPSA) is 67.4 Å². The number of nitrogens with one attached hydrogen (secondary N) is 2. The second-order valence-corrected chi connectivity index (χ2v) is 6.46. The van der Waals surface area contributed by atoms with Gasteiger partial charge >= 0.3 is 0 Å². The molecular weight excluding hydrogens is 348 g/mol. The second kappa shape index (κ2) is 8.31. The quantitative estimate of drug-likeness (QED) is 0.694. The predicted octanol–water partition coefficient (Wildman–Crippen LogP) is 3.94. The molecule has 0 radical (unpaired) electrons. The van der Waals surface area contributed by atoms with Crippen LogP contribution >= 0.6 is 11.3 Å². The van der Waals surface area contributed by atoms with Gasteiger partial charge in [-0.2, -0.15) is 0 Å². The van der Waals surface area contributed by atoms with Crippen LogP contribution in [-0.4, -0.2) is 18.9 Å². The Morgan fingerprint density at radius 1 is 0.962 bits per heavy atom. The largest absolute Gasteiger partial charge is 0.497 e. The number of hydrogen-bond acceptors (Lipinski definition) is 4. The number of ether oxygens (including phenoxy) is 1. The fourth-order valence-corrected chi connectivity index (χ4v) is 3.02. The van der Waals surface area contributed by atoms with Crippen molar-refractivity contribution in [3.05, 3.63) is 82.0 Å². The third-order valence-electron chi connectivity index (χ3n) is 3.78. The normalized spacial score (nSPS) is 10.2. The average molecular weight is 366 g/mol. The third-order valence-corrected chi connectivity index (χ3v) is 4.65. The molecule has 2 amide bonds. The first-order chi connectivity index (χ1) is 12.7. The number of hydrogen-bond donors (Lipinski definition) is 2. The zero-order chi connectivity index (χ0) is 18.4. The minimum Gasteiger partial charge on any atom is -0.497 e. The van der Waals surface area contributed by atoms with E-state index in [0.29, 0.717) is 22.7 Å². The molecule has 26 heavy (non-hydrogen) atoms. The Morgan fingerprint density at radius 2 is 1.73 bits per heavy atom. The van der Waals surface area contributed by atoms with E-state index < -0.39 is 0 Å².